The summed E-state index contributed by atoms with van der Waals surface area (Å²) in [7, 11) is 0. The predicted octanol–water partition coefficient (Wildman–Crippen LogP) is 2.66. The van der Waals surface area contributed by atoms with Crippen molar-refractivity contribution in [2.75, 3.05) is 26.2 Å². The number of hydrogen-bond donors (Lipinski definition) is 1. The normalized spacial score (nSPS) is 22.4. The molecule has 2 nitrogen and oxygen atoms in total. The van der Waals surface area contributed by atoms with Gasteiger partial charge < -0.3 is 5.32 Å². The zero-order valence-electron chi connectivity index (χ0n) is 11.4. The van der Waals surface area contributed by atoms with E-state index in [-0.39, 0.29) is 0 Å². The van der Waals surface area contributed by atoms with Crippen molar-refractivity contribution in [1.29, 1.82) is 0 Å². The Balaban J connectivity index is 2.27. The van der Waals surface area contributed by atoms with Crippen LogP contribution in [0, 0.1) is 5.92 Å². The zero-order valence-corrected chi connectivity index (χ0v) is 11.4. The molecular formula is C14H28N2. The molecule has 0 bridgehead atoms. The van der Waals surface area contributed by atoms with Crippen molar-refractivity contribution < 1.29 is 0 Å². The fourth-order valence-electron chi connectivity index (χ4n) is 2.20. The molecule has 0 spiro atoms. The molecule has 0 radical (unpaired) electrons. The summed E-state index contributed by atoms with van der Waals surface area (Å²) in [5, 5.41) is 3.56. The van der Waals surface area contributed by atoms with Crippen molar-refractivity contribution in [2.24, 2.45) is 5.92 Å². The summed E-state index contributed by atoms with van der Waals surface area (Å²) >= 11 is 0. The molecule has 1 aliphatic heterocycles. The molecule has 0 aromatic carbocycles. The number of nitrogens with one attached hydrogen (secondary N) is 1. The van der Waals surface area contributed by atoms with E-state index in [0.717, 1.165) is 12.5 Å². The van der Waals surface area contributed by atoms with Gasteiger partial charge in [0.25, 0.3) is 0 Å². The summed E-state index contributed by atoms with van der Waals surface area (Å²) in [4.78, 5) is 2.59. The molecular weight excluding hydrogens is 196 g/mol. The lowest BCUT2D eigenvalue weighted by Crippen LogP contribution is -2.41. The number of nitrogens with zero attached hydrogens (tertiary/aromatic N) is 1. The lowest BCUT2D eigenvalue weighted by molar-refractivity contribution is 0.186. The Morgan fingerprint density at radius 3 is 2.81 bits per heavy atom. The van der Waals surface area contributed by atoms with Gasteiger partial charge in [-0.1, -0.05) is 25.5 Å². The van der Waals surface area contributed by atoms with Gasteiger partial charge in [-0.2, -0.15) is 0 Å². The lowest BCUT2D eigenvalue weighted by atomic mass is 9.97. The maximum absolute atomic E-state index is 3.56. The zero-order chi connectivity index (χ0) is 12.0. The van der Waals surface area contributed by atoms with Crippen LogP contribution >= 0.6 is 0 Å². The van der Waals surface area contributed by atoms with E-state index in [2.05, 4.69) is 44.0 Å². The first-order valence-corrected chi connectivity index (χ1v) is 6.67. The van der Waals surface area contributed by atoms with Crippen LogP contribution in [0.25, 0.3) is 0 Å². The van der Waals surface area contributed by atoms with E-state index in [0.29, 0.717) is 6.04 Å². The smallest absolute Gasteiger partial charge is 0.0165 e. The molecule has 0 amide bonds. The van der Waals surface area contributed by atoms with Gasteiger partial charge in [-0.25, -0.2) is 0 Å². The second kappa shape index (κ2) is 7.08. The molecule has 94 valence electrons. The van der Waals surface area contributed by atoms with Crippen LogP contribution in [0.5, 0.6) is 0 Å². The Morgan fingerprint density at radius 2 is 2.19 bits per heavy atom. The molecule has 1 unspecified atom stereocenters. The van der Waals surface area contributed by atoms with Crippen molar-refractivity contribution in [3.63, 3.8) is 0 Å². The van der Waals surface area contributed by atoms with Gasteiger partial charge in [0.05, 0.1) is 0 Å². The van der Waals surface area contributed by atoms with Crippen LogP contribution in [-0.4, -0.2) is 37.1 Å². The third-order valence-corrected chi connectivity index (χ3v) is 3.18. The van der Waals surface area contributed by atoms with Crippen molar-refractivity contribution in [2.45, 2.75) is 46.6 Å². The minimum absolute atomic E-state index is 0.619. The van der Waals surface area contributed by atoms with Gasteiger partial charge in [-0.15, -0.1) is 0 Å². The van der Waals surface area contributed by atoms with E-state index in [1.807, 2.05) is 0 Å². The molecule has 1 aliphatic rings. The Kier molecular flexibility index (Phi) is 6.07. The van der Waals surface area contributed by atoms with Crippen LogP contribution in [0.1, 0.15) is 40.5 Å². The molecule has 1 atom stereocenters. The Labute approximate surface area is 101 Å². The van der Waals surface area contributed by atoms with E-state index < -0.39 is 0 Å². The third-order valence-electron chi connectivity index (χ3n) is 3.18. The molecule has 0 aliphatic carbocycles. The molecule has 2 heteroatoms. The first-order chi connectivity index (χ1) is 7.58. The van der Waals surface area contributed by atoms with E-state index in [1.54, 1.807) is 0 Å². The number of hydrogen-bond acceptors (Lipinski definition) is 2. The first-order valence-electron chi connectivity index (χ1n) is 6.67. The third kappa shape index (κ3) is 5.66. The fraction of sp³-hybridized carbons (Fsp3) is 0.857. The summed E-state index contributed by atoms with van der Waals surface area (Å²) in [6.45, 7) is 13.7. The molecule has 1 heterocycles. The number of allylic oxidation sites excluding steroid dienone is 1. The summed E-state index contributed by atoms with van der Waals surface area (Å²) in [5.41, 5.74) is 1.43. The summed E-state index contributed by atoms with van der Waals surface area (Å²) in [5.74, 6) is 0.849. The molecule has 0 aromatic rings. The minimum Gasteiger partial charge on any atom is -0.314 e. The van der Waals surface area contributed by atoms with E-state index in [4.69, 9.17) is 0 Å². The maximum Gasteiger partial charge on any atom is 0.0165 e. The quantitative estimate of drug-likeness (QED) is 0.722. The van der Waals surface area contributed by atoms with Crippen LogP contribution in [0.15, 0.2) is 11.6 Å². The highest BCUT2D eigenvalue weighted by Gasteiger charge is 2.18. The van der Waals surface area contributed by atoms with Crippen LogP contribution in [0.2, 0.25) is 0 Å². The minimum atomic E-state index is 0.619. The van der Waals surface area contributed by atoms with Gasteiger partial charge >= 0.3 is 0 Å². The molecule has 1 fully saturated rings. The van der Waals surface area contributed by atoms with Crippen molar-refractivity contribution in [3.05, 3.63) is 11.6 Å². The highest BCUT2D eigenvalue weighted by atomic mass is 15.1. The Bertz CT molecular complexity index is 217. The van der Waals surface area contributed by atoms with Gasteiger partial charge in [0.1, 0.15) is 0 Å². The monoisotopic (exact) mass is 224 g/mol. The summed E-state index contributed by atoms with van der Waals surface area (Å²) < 4.78 is 0. The molecule has 1 rings (SSSR count). The standard InChI is InChI=1S/C14H28N2/c1-12(2)7-9-16-8-5-6-14(11-16)10-15-13(3)4/h7,13-15H,5-6,8-11H2,1-4H3. The second-order valence-corrected chi connectivity index (χ2v) is 5.61. The Hall–Kier alpha value is -0.340. The topological polar surface area (TPSA) is 15.3 Å². The maximum atomic E-state index is 3.56. The van der Waals surface area contributed by atoms with Crippen LogP contribution < -0.4 is 5.32 Å². The molecule has 0 saturated carbocycles. The van der Waals surface area contributed by atoms with Gasteiger partial charge in [-0.05, 0) is 45.7 Å². The highest BCUT2D eigenvalue weighted by Crippen LogP contribution is 2.15. The number of rotatable bonds is 5. The van der Waals surface area contributed by atoms with E-state index >= 15 is 0 Å². The second-order valence-electron chi connectivity index (χ2n) is 5.61. The SMILES string of the molecule is CC(C)=CCN1CCCC(CNC(C)C)C1. The van der Waals surface area contributed by atoms with Crippen LogP contribution in [0.4, 0.5) is 0 Å². The summed E-state index contributed by atoms with van der Waals surface area (Å²) in [6, 6.07) is 0.619. The molecule has 1 N–H and O–H groups in total. The van der Waals surface area contributed by atoms with Crippen molar-refractivity contribution in [1.82, 2.24) is 10.2 Å². The molecule has 16 heavy (non-hydrogen) atoms. The average Bonchev–Trinajstić information content (AvgIpc) is 2.24. The number of likely N-dealkylation sites (tertiary alicyclic amines) is 1. The molecule has 1 saturated heterocycles. The van der Waals surface area contributed by atoms with Gasteiger partial charge in [-0.3, -0.25) is 4.90 Å². The highest BCUT2D eigenvalue weighted by molar-refractivity contribution is 4.95. The van der Waals surface area contributed by atoms with Crippen molar-refractivity contribution in [3.8, 4) is 0 Å². The van der Waals surface area contributed by atoms with Gasteiger partial charge in [0, 0.05) is 19.1 Å². The largest absolute Gasteiger partial charge is 0.314 e. The van der Waals surface area contributed by atoms with Gasteiger partial charge in [0.15, 0.2) is 0 Å². The number of piperidine rings is 1. The molecule has 0 aromatic heterocycles. The van der Waals surface area contributed by atoms with Gasteiger partial charge in [0.2, 0.25) is 0 Å². The first kappa shape index (κ1) is 13.7. The average molecular weight is 224 g/mol. The van der Waals surface area contributed by atoms with Crippen molar-refractivity contribution >= 4 is 0 Å². The Morgan fingerprint density at radius 1 is 1.44 bits per heavy atom. The predicted molar refractivity (Wildman–Crippen MR) is 71.7 cm³/mol. The fourth-order valence-corrected chi connectivity index (χ4v) is 2.20. The van der Waals surface area contributed by atoms with Crippen LogP contribution in [-0.2, 0) is 0 Å². The lowest BCUT2D eigenvalue weighted by Gasteiger charge is -2.32. The van der Waals surface area contributed by atoms with Crippen LogP contribution in [0.3, 0.4) is 0 Å². The summed E-state index contributed by atoms with van der Waals surface area (Å²) in [6.07, 6.45) is 5.10. The van der Waals surface area contributed by atoms with E-state index in [9.17, 15) is 0 Å². The van der Waals surface area contributed by atoms with E-state index in [1.165, 1.54) is 38.0 Å².